The van der Waals surface area contributed by atoms with Crippen LogP contribution in [0.25, 0.3) is 0 Å². The second-order valence-electron chi connectivity index (χ2n) is 8.06. The summed E-state index contributed by atoms with van der Waals surface area (Å²) in [6.45, 7) is 1.50. The molecule has 4 rings (SSSR count). The molecule has 0 radical (unpaired) electrons. The molecule has 2 aliphatic rings. The van der Waals surface area contributed by atoms with Crippen LogP contribution in [0, 0.1) is 5.92 Å². The number of nitrogens with zero attached hydrogens (tertiary/aromatic N) is 1. The van der Waals surface area contributed by atoms with Crippen molar-refractivity contribution in [3.05, 3.63) is 52.5 Å². The highest BCUT2D eigenvalue weighted by Crippen LogP contribution is 2.34. The lowest BCUT2D eigenvalue weighted by molar-refractivity contribution is -0.129. The smallest absolute Gasteiger partial charge is 0.225 e. The monoisotopic (exact) mass is 458 g/mol. The summed E-state index contributed by atoms with van der Waals surface area (Å²) in [5.41, 5.74) is 1.92. The Balaban J connectivity index is 1.35. The fourth-order valence-corrected chi connectivity index (χ4v) is 4.45. The Labute approximate surface area is 192 Å². The number of methoxy groups -OCH3 is 2. The third-order valence-electron chi connectivity index (χ3n) is 6.03. The average molecular weight is 459 g/mol. The second-order valence-corrected chi connectivity index (χ2v) is 8.50. The Morgan fingerprint density at radius 1 is 1.19 bits per heavy atom. The van der Waals surface area contributed by atoms with Crippen molar-refractivity contribution in [2.45, 2.75) is 25.3 Å². The van der Waals surface area contributed by atoms with Crippen LogP contribution in [-0.2, 0) is 16.0 Å². The average Bonchev–Trinajstić information content (AvgIpc) is 3.18. The summed E-state index contributed by atoms with van der Waals surface area (Å²) < 4.78 is 16.3. The fourth-order valence-electron chi connectivity index (χ4n) is 4.27. The van der Waals surface area contributed by atoms with Crippen LogP contribution in [0.15, 0.2) is 36.4 Å². The topological polar surface area (TPSA) is 77.1 Å². The SMILES string of the molecule is COc1ccc(CCN2CC(C(=O)NC3CCOc4ccc(Cl)cc43)CC2=O)cc1OC. The number of ether oxygens (including phenoxy) is 3. The van der Waals surface area contributed by atoms with Crippen molar-refractivity contribution in [1.29, 1.82) is 0 Å². The molecule has 2 aromatic rings. The molecular formula is C24H27ClN2O5. The molecule has 2 aliphatic heterocycles. The number of carbonyl (C=O) groups excluding carboxylic acids is 2. The van der Waals surface area contributed by atoms with Gasteiger partial charge in [0, 0.05) is 36.5 Å². The van der Waals surface area contributed by atoms with Gasteiger partial charge in [-0.3, -0.25) is 9.59 Å². The number of hydrogen-bond acceptors (Lipinski definition) is 5. The number of fused-ring (bicyclic) bond motifs is 1. The van der Waals surface area contributed by atoms with E-state index in [1.165, 1.54) is 0 Å². The van der Waals surface area contributed by atoms with Crippen LogP contribution in [0.5, 0.6) is 17.2 Å². The standard InChI is InChI=1S/C24H27ClN2O5/c1-30-21-5-3-15(11-22(21)31-2)7-9-27-14-16(12-23(27)28)24(29)26-19-8-10-32-20-6-4-17(25)13-18(19)20/h3-6,11,13,16,19H,7-10,12,14H2,1-2H3,(H,26,29). The first kappa shape index (κ1) is 22.3. The van der Waals surface area contributed by atoms with E-state index in [9.17, 15) is 9.59 Å². The first-order valence-electron chi connectivity index (χ1n) is 10.7. The molecule has 8 heteroatoms. The highest BCUT2D eigenvalue weighted by molar-refractivity contribution is 6.30. The summed E-state index contributed by atoms with van der Waals surface area (Å²) in [5, 5.41) is 3.70. The van der Waals surface area contributed by atoms with Crippen LogP contribution in [0.1, 0.15) is 30.0 Å². The molecule has 0 bridgehead atoms. The number of benzene rings is 2. The van der Waals surface area contributed by atoms with E-state index in [1.54, 1.807) is 25.2 Å². The van der Waals surface area contributed by atoms with Crippen LogP contribution in [0.4, 0.5) is 0 Å². The lowest BCUT2D eigenvalue weighted by atomic mass is 9.99. The van der Waals surface area contributed by atoms with Gasteiger partial charge in [0.2, 0.25) is 11.8 Å². The lowest BCUT2D eigenvalue weighted by Gasteiger charge is -2.27. The highest BCUT2D eigenvalue weighted by atomic mass is 35.5. The van der Waals surface area contributed by atoms with Crippen LogP contribution in [-0.4, -0.2) is 50.6 Å². The molecule has 1 saturated heterocycles. The molecule has 2 unspecified atom stereocenters. The molecule has 0 saturated carbocycles. The molecule has 0 aliphatic carbocycles. The van der Waals surface area contributed by atoms with Crippen molar-refractivity contribution in [2.75, 3.05) is 33.9 Å². The number of nitrogens with one attached hydrogen (secondary N) is 1. The molecule has 0 spiro atoms. The quantitative estimate of drug-likeness (QED) is 0.688. The third-order valence-corrected chi connectivity index (χ3v) is 6.27. The van der Waals surface area contributed by atoms with E-state index in [1.807, 2.05) is 30.3 Å². The van der Waals surface area contributed by atoms with Gasteiger partial charge in [-0.2, -0.15) is 0 Å². The van der Waals surface area contributed by atoms with E-state index in [2.05, 4.69) is 5.32 Å². The van der Waals surface area contributed by atoms with Crippen LogP contribution in [0.2, 0.25) is 5.02 Å². The van der Waals surface area contributed by atoms with Crippen molar-refractivity contribution in [1.82, 2.24) is 10.2 Å². The Kier molecular flexibility index (Phi) is 6.74. The molecular weight excluding hydrogens is 432 g/mol. The number of halogens is 1. The van der Waals surface area contributed by atoms with Crippen molar-refractivity contribution in [3.63, 3.8) is 0 Å². The molecule has 2 heterocycles. The maximum absolute atomic E-state index is 12.9. The van der Waals surface area contributed by atoms with E-state index in [0.29, 0.717) is 49.1 Å². The summed E-state index contributed by atoms with van der Waals surface area (Å²) in [5.74, 6) is 1.60. The van der Waals surface area contributed by atoms with Gasteiger partial charge in [0.05, 0.1) is 32.8 Å². The Morgan fingerprint density at radius 2 is 2.00 bits per heavy atom. The van der Waals surface area contributed by atoms with Crippen LogP contribution in [0.3, 0.4) is 0 Å². The number of rotatable bonds is 7. The Morgan fingerprint density at radius 3 is 2.78 bits per heavy atom. The first-order chi connectivity index (χ1) is 15.5. The van der Waals surface area contributed by atoms with Crippen LogP contribution < -0.4 is 19.5 Å². The molecule has 0 aromatic heterocycles. The zero-order valence-corrected chi connectivity index (χ0v) is 19.0. The molecule has 2 atom stereocenters. The molecule has 2 aromatic carbocycles. The normalized spacial score (nSPS) is 19.8. The zero-order chi connectivity index (χ0) is 22.7. The van der Waals surface area contributed by atoms with E-state index in [0.717, 1.165) is 16.9 Å². The predicted octanol–water partition coefficient (Wildman–Crippen LogP) is 3.39. The van der Waals surface area contributed by atoms with Crippen molar-refractivity contribution in [2.24, 2.45) is 5.92 Å². The molecule has 1 N–H and O–H groups in total. The van der Waals surface area contributed by atoms with Gasteiger partial charge in [-0.05, 0) is 42.3 Å². The van der Waals surface area contributed by atoms with Gasteiger partial charge in [-0.25, -0.2) is 0 Å². The summed E-state index contributed by atoms with van der Waals surface area (Å²) in [4.78, 5) is 27.2. The largest absolute Gasteiger partial charge is 0.493 e. The highest BCUT2D eigenvalue weighted by Gasteiger charge is 2.35. The fraction of sp³-hybridized carbons (Fsp3) is 0.417. The zero-order valence-electron chi connectivity index (χ0n) is 18.2. The summed E-state index contributed by atoms with van der Waals surface area (Å²) in [6.07, 6.45) is 1.57. The van der Waals surface area contributed by atoms with E-state index >= 15 is 0 Å². The number of amides is 2. The maximum atomic E-state index is 12.9. The maximum Gasteiger partial charge on any atom is 0.225 e. The van der Waals surface area contributed by atoms with Gasteiger partial charge in [0.1, 0.15) is 5.75 Å². The van der Waals surface area contributed by atoms with Gasteiger partial charge in [-0.1, -0.05) is 17.7 Å². The van der Waals surface area contributed by atoms with Crippen molar-refractivity contribution >= 4 is 23.4 Å². The summed E-state index contributed by atoms with van der Waals surface area (Å²) in [7, 11) is 3.19. The molecule has 1 fully saturated rings. The van der Waals surface area contributed by atoms with Gasteiger partial charge < -0.3 is 24.4 Å². The molecule has 170 valence electrons. The molecule has 7 nitrogen and oxygen atoms in total. The second kappa shape index (κ2) is 9.69. The van der Waals surface area contributed by atoms with Crippen molar-refractivity contribution in [3.8, 4) is 17.2 Å². The van der Waals surface area contributed by atoms with Gasteiger partial charge in [-0.15, -0.1) is 0 Å². The first-order valence-corrected chi connectivity index (χ1v) is 11.1. The van der Waals surface area contributed by atoms with E-state index in [-0.39, 0.29) is 30.2 Å². The van der Waals surface area contributed by atoms with Crippen LogP contribution >= 0.6 is 11.6 Å². The third kappa shape index (κ3) is 4.78. The summed E-state index contributed by atoms with van der Waals surface area (Å²) >= 11 is 6.13. The van der Waals surface area contributed by atoms with Crippen molar-refractivity contribution < 1.29 is 23.8 Å². The Bertz CT molecular complexity index is 1010. The number of likely N-dealkylation sites (tertiary alicyclic amines) is 1. The molecule has 32 heavy (non-hydrogen) atoms. The number of carbonyl (C=O) groups is 2. The minimum Gasteiger partial charge on any atom is -0.493 e. The number of hydrogen-bond donors (Lipinski definition) is 1. The Hall–Kier alpha value is -2.93. The van der Waals surface area contributed by atoms with Gasteiger partial charge >= 0.3 is 0 Å². The van der Waals surface area contributed by atoms with E-state index < -0.39 is 0 Å². The summed E-state index contributed by atoms with van der Waals surface area (Å²) in [6, 6.07) is 11.0. The minimum atomic E-state index is -0.363. The minimum absolute atomic E-state index is 0.000971. The van der Waals surface area contributed by atoms with Gasteiger partial charge in [0.25, 0.3) is 0 Å². The lowest BCUT2D eigenvalue weighted by Crippen LogP contribution is -2.37. The van der Waals surface area contributed by atoms with Gasteiger partial charge in [0.15, 0.2) is 11.5 Å². The van der Waals surface area contributed by atoms with E-state index in [4.69, 9.17) is 25.8 Å². The predicted molar refractivity (Wildman–Crippen MR) is 120 cm³/mol. The molecule has 2 amide bonds.